The summed E-state index contributed by atoms with van der Waals surface area (Å²) in [5.41, 5.74) is 5.46. The normalized spacial score (nSPS) is 21.1. The molecule has 1 fully saturated rings. The number of amides is 1. The molecule has 96 valence electrons. The highest BCUT2D eigenvalue weighted by atomic mass is 16.6. The van der Waals surface area contributed by atoms with Gasteiger partial charge in [-0.15, -0.1) is 0 Å². The van der Waals surface area contributed by atoms with E-state index < -0.39 is 30.6 Å². The van der Waals surface area contributed by atoms with Gasteiger partial charge in [0, 0.05) is 6.54 Å². The number of carbonyl (C=O) groups is 3. The smallest absolute Gasteiger partial charge is 0.341 e. The summed E-state index contributed by atoms with van der Waals surface area (Å²) in [6.07, 6.45) is 1.17. The maximum absolute atomic E-state index is 11.7. The molecular weight excluding hydrogens is 228 g/mol. The van der Waals surface area contributed by atoms with Crippen LogP contribution in [0.5, 0.6) is 0 Å². The fourth-order valence-electron chi connectivity index (χ4n) is 1.77. The first-order valence-electron chi connectivity index (χ1n) is 5.38. The number of carboxylic acid groups (broad SMARTS) is 1. The fourth-order valence-corrected chi connectivity index (χ4v) is 1.77. The first-order valence-corrected chi connectivity index (χ1v) is 5.38. The van der Waals surface area contributed by atoms with E-state index in [1.54, 1.807) is 6.92 Å². The van der Waals surface area contributed by atoms with Crippen LogP contribution in [0.3, 0.4) is 0 Å². The zero-order valence-corrected chi connectivity index (χ0v) is 9.59. The van der Waals surface area contributed by atoms with Crippen LogP contribution in [0, 0.1) is 0 Å². The van der Waals surface area contributed by atoms with Crippen LogP contribution in [0.25, 0.3) is 0 Å². The highest BCUT2D eigenvalue weighted by molar-refractivity contribution is 5.88. The second kappa shape index (κ2) is 5.62. The minimum atomic E-state index is -1.22. The number of hydrogen-bond donors (Lipinski definition) is 2. The second-order valence-corrected chi connectivity index (χ2v) is 3.98. The van der Waals surface area contributed by atoms with E-state index >= 15 is 0 Å². The Morgan fingerprint density at radius 1 is 1.53 bits per heavy atom. The van der Waals surface area contributed by atoms with Gasteiger partial charge in [-0.3, -0.25) is 4.79 Å². The zero-order chi connectivity index (χ0) is 13.0. The molecule has 0 aromatic heterocycles. The predicted molar refractivity (Wildman–Crippen MR) is 57.0 cm³/mol. The van der Waals surface area contributed by atoms with E-state index in [-0.39, 0.29) is 5.91 Å². The van der Waals surface area contributed by atoms with E-state index in [9.17, 15) is 14.4 Å². The number of likely N-dealkylation sites (tertiary alicyclic amines) is 1. The van der Waals surface area contributed by atoms with Crippen molar-refractivity contribution in [2.75, 3.05) is 13.2 Å². The van der Waals surface area contributed by atoms with Gasteiger partial charge in [-0.25, -0.2) is 9.59 Å². The molecule has 1 rings (SSSR count). The number of hydrogen-bond acceptors (Lipinski definition) is 5. The van der Waals surface area contributed by atoms with Crippen molar-refractivity contribution in [2.24, 2.45) is 5.73 Å². The molecule has 3 N–H and O–H groups in total. The molecular formula is C10H16N2O5. The van der Waals surface area contributed by atoms with E-state index in [0.29, 0.717) is 19.4 Å². The monoisotopic (exact) mass is 244 g/mol. The summed E-state index contributed by atoms with van der Waals surface area (Å²) in [6.45, 7) is 1.31. The fraction of sp³-hybridized carbons (Fsp3) is 0.700. The molecule has 1 aliphatic heterocycles. The van der Waals surface area contributed by atoms with Crippen molar-refractivity contribution in [2.45, 2.75) is 31.8 Å². The lowest BCUT2D eigenvalue weighted by molar-refractivity contribution is -0.160. The Labute approximate surface area is 98.5 Å². The van der Waals surface area contributed by atoms with Crippen LogP contribution >= 0.6 is 0 Å². The van der Waals surface area contributed by atoms with Crippen molar-refractivity contribution in [3.63, 3.8) is 0 Å². The van der Waals surface area contributed by atoms with Gasteiger partial charge in [-0.2, -0.15) is 0 Å². The Bertz CT molecular complexity index is 329. The highest BCUT2D eigenvalue weighted by Gasteiger charge is 2.36. The molecule has 0 unspecified atom stereocenters. The topological polar surface area (TPSA) is 110 Å². The van der Waals surface area contributed by atoms with E-state index in [0.717, 1.165) is 0 Å². The van der Waals surface area contributed by atoms with Crippen molar-refractivity contribution in [3.8, 4) is 0 Å². The molecule has 0 aromatic rings. The Balaban J connectivity index is 2.59. The van der Waals surface area contributed by atoms with Crippen LogP contribution in [0.2, 0.25) is 0 Å². The first kappa shape index (κ1) is 13.4. The number of rotatable bonds is 4. The van der Waals surface area contributed by atoms with Crippen LogP contribution in [0.4, 0.5) is 0 Å². The van der Waals surface area contributed by atoms with Gasteiger partial charge in [-0.05, 0) is 19.8 Å². The third-order valence-electron chi connectivity index (χ3n) is 2.54. The molecule has 17 heavy (non-hydrogen) atoms. The average Bonchev–Trinajstić information content (AvgIpc) is 2.73. The molecule has 1 aliphatic rings. The van der Waals surface area contributed by atoms with Gasteiger partial charge in [0.1, 0.15) is 6.04 Å². The van der Waals surface area contributed by atoms with Crippen molar-refractivity contribution < 1.29 is 24.2 Å². The van der Waals surface area contributed by atoms with Crippen LogP contribution in [-0.2, 0) is 19.1 Å². The molecule has 1 amide bonds. The summed E-state index contributed by atoms with van der Waals surface area (Å²) < 4.78 is 4.57. The Kier molecular flexibility index (Phi) is 4.45. The Hall–Kier alpha value is -1.63. The van der Waals surface area contributed by atoms with Gasteiger partial charge in [-0.1, -0.05) is 0 Å². The Morgan fingerprint density at radius 3 is 2.71 bits per heavy atom. The lowest BCUT2D eigenvalue weighted by atomic mass is 10.2. The van der Waals surface area contributed by atoms with Crippen LogP contribution in [0.15, 0.2) is 0 Å². The largest absolute Gasteiger partial charge is 0.479 e. The second-order valence-electron chi connectivity index (χ2n) is 3.98. The molecule has 7 heteroatoms. The maximum atomic E-state index is 11.7. The standard InChI is InChI=1S/C10H16N2O5/c1-6(11)9(15)12-4-2-3-7(12)10(16)17-5-8(13)14/h6-7H,2-5,11H2,1H3,(H,13,14)/t6-,7-/m0/s1. The van der Waals surface area contributed by atoms with Gasteiger partial charge < -0.3 is 20.5 Å². The zero-order valence-electron chi connectivity index (χ0n) is 9.59. The molecule has 0 aromatic carbocycles. The van der Waals surface area contributed by atoms with E-state index in [1.807, 2.05) is 0 Å². The minimum Gasteiger partial charge on any atom is -0.479 e. The number of nitrogens with two attached hydrogens (primary N) is 1. The van der Waals surface area contributed by atoms with Gasteiger partial charge >= 0.3 is 11.9 Å². The van der Waals surface area contributed by atoms with Crippen molar-refractivity contribution >= 4 is 17.8 Å². The van der Waals surface area contributed by atoms with Gasteiger partial charge in [0.15, 0.2) is 6.61 Å². The molecule has 0 saturated carbocycles. The predicted octanol–water partition coefficient (Wildman–Crippen LogP) is -1.05. The SMILES string of the molecule is C[C@H](N)C(=O)N1CCC[C@H]1C(=O)OCC(=O)O. The quantitative estimate of drug-likeness (QED) is 0.611. The number of ether oxygens (including phenoxy) is 1. The molecule has 0 bridgehead atoms. The molecule has 1 saturated heterocycles. The summed E-state index contributed by atoms with van der Waals surface area (Å²) in [4.78, 5) is 34.9. The lowest BCUT2D eigenvalue weighted by Gasteiger charge is -2.24. The van der Waals surface area contributed by atoms with Gasteiger partial charge in [0.05, 0.1) is 6.04 Å². The molecule has 2 atom stereocenters. The average molecular weight is 244 g/mol. The third kappa shape index (κ3) is 3.42. The van der Waals surface area contributed by atoms with Crippen LogP contribution < -0.4 is 5.73 Å². The molecule has 0 radical (unpaired) electrons. The Morgan fingerprint density at radius 2 is 2.18 bits per heavy atom. The number of esters is 1. The summed E-state index contributed by atoms with van der Waals surface area (Å²) in [6, 6.07) is -1.38. The number of nitrogens with zero attached hydrogens (tertiary/aromatic N) is 1. The highest BCUT2D eigenvalue weighted by Crippen LogP contribution is 2.19. The molecule has 1 heterocycles. The summed E-state index contributed by atoms with van der Waals surface area (Å²) in [5.74, 6) is -2.22. The minimum absolute atomic E-state index is 0.320. The van der Waals surface area contributed by atoms with Crippen molar-refractivity contribution in [1.29, 1.82) is 0 Å². The van der Waals surface area contributed by atoms with Crippen molar-refractivity contribution in [3.05, 3.63) is 0 Å². The van der Waals surface area contributed by atoms with Crippen molar-refractivity contribution in [1.82, 2.24) is 4.90 Å². The van der Waals surface area contributed by atoms with E-state index in [4.69, 9.17) is 10.8 Å². The molecule has 0 aliphatic carbocycles. The summed E-state index contributed by atoms with van der Waals surface area (Å²) >= 11 is 0. The molecule has 7 nitrogen and oxygen atoms in total. The number of carbonyl (C=O) groups excluding carboxylic acids is 2. The number of aliphatic carboxylic acids is 1. The maximum Gasteiger partial charge on any atom is 0.341 e. The first-order chi connectivity index (χ1) is 7.93. The molecule has 0 spiro atoms. The van der Waals surface area contributed by atoms with E-state index in [2.05, 4.69) is 4.74 Å². The van der Waals surface area contributed by atoms with Gasteiger partial charge in [0.2, 0.25) is 5.91 Å². The third-order valence-corrected chi connectivity index (χ3v) is 2.54. The number of carboxylic acids is 1. The lowest BCUT2D eigenvalue weighted by Crippen LogP contribution is -2.48. The van der Waals surface area contributed by atoms with Crippen LogP contribution in [0.1, 0.15) is 19.8 Å². The van der Waals surface area contributed by atoms with Crippen LogP contribution in [-0.4, -0.2) is 53.1 Å². The van der Waals surface area contributed by atoms with Gasteiger partial charge in [0.25, 0.3) is 0 Å². The summed E-state index contributed by atoms with van der Waals surface area (Å²) in [5, 5.41) is 8.39. The summed E-state index contributed by atoms with van der Waals surface area (Å²) in [7, 11) is 0. The van der Waals surface area contributed by atoms with E-state index in [1.165, 1.54) is 4.90 Å².